The molecular weight excluding hydrogens is 568 g/mol. The number of sulfonamides is 1. The minimum Gasteiger partial charge on any atom is -0.481 e. The topological polar surface area (TPSA) is 232 Å². The lowest BCUT2D eigenvalue weighted by atomic mass is 9.97. The molecule has 0 saturated heterocycles. The van der Waals surface area contributed by atoms with Gasteiger partial charge >= 0.3 is 11.9 Å². The van der Waals surface area contributed by atoms with E-state index in [0.717, 1.165) is 11.6 Å². The number of hydrogen-bond donors (Lipinski definition) is 6. The van der Waals surface area contributed by atoms with E-state index >= 15 is 0 Å². The number of ether oxygens (including phenoxy) is 1. The van der Waals surface area contributed by atoms with Gasteiger partial charge in [0.2, 0.25) is 21.8 Å². The van der Waals surface area contributed by atoms with E-state index in [1.165, 1.54) is 18.2 Å². The Labute approximate surface area is 246 Å². The summed E-state index contributed by atoms with van der Waals surface area (Å²) in [5, 5.41) is 14.4. The molecule has 2 unspecified atom stereocenters. The molecule has 0 aliphatic rings. The number of carboxylic acid groups (broad SMARTS) is 1. The van der Waals surface area contributed by atoms with E-state index in [4.69, 9.17) is 16.2 Å². The summed E-state index contributed by atoms with van der Waals surface area (Å²) in [5.74, 6) is -4.00. The van der Waals surface area contributed by atoms with Crippen LogP contribution in [0, 0.1) is 12.8 Å². The highest BCUT2D eigenvalue weighted by Crippen LogP contribution is 2.14. The van der Waals surface area contributed by atoms with E-state index in [1.807, 2.05) is 0 Å². The molecule has 0 aliphatic carbocycles. The fraction of sp³-hybridized carbons (Fsp3) is 0.519. The molecule has 1 aromatic rings. The third-order valence-corrected chi connectivity index (χ3v) is 7.64. The number of nitrogens with zero attached hydrogens (tertiary/aromatic N) is 1. The molecule has 14 nitrogen and oxygen atoms in total. The molecule has 15 heteroatoms. The summed E-state index contributed by atoms with van der Waals surface area (Å²) >= 11 is 0. The molecule has 0 heterocycles. The summed E-state index contributed by atoms with van der Waals surface area (Å²) in [6, 6.07) is 2.54. The Bertz CT molecular complexity index is 1230. The number of nitrogens with one attached hydrogen (secondary N) is 3. The molecule has 234 valence electrons. The number of esters is 1. The van der Waals surface area contributed by atoms with Crippen LogP contribution in [0.15, 0.2) is 46.3 Å². The predicted molar refractivity (Wildman–Crippen MR) is 157 cm³/mol. The van der Waals surface area contributed by atoms with Gasteiger partial charge in [-0.1, -0.05) is 44.0 Å². The van der Waals surface area contributed by atoms with Crippen LogP contribution in [0.4, 0.5) is 0 Å². The van der Waals surface area contributed by atoms with Crippen molar-refractivity contribution in [3.8, 4) is 0 Å². The maximum atomic E-state index is 13.4. The van der Waals surface area contributed by atoms with Gasteiger partial charge in [-0.2, -0.15) is 4.72 Å². The number of rotatable bonds is 18. The van der Waals surface area contributed by atoms with Crippen molar-refractivity contribution in [2.75, 3.05) is 13.2 Å². The standard InChI is InChI=1S/C27H42N6O8S/c1-5-18(4)24(26(38)31-19(16-22(34)35)11-14-23(36)41-6-2)32-25(37)21(8-7-15-30-27(28)29)33-42(39,40)20-12-9-17(3)10-13-20/h9-14,18-19,21,24,33H,5-8,15-16H2,1-4H3,(H,31,38)(H,32,37)(H,34,35)(H4,28,29,30)/b14-11+/t18?,19-,21+,24?/m1/s1. The lowest BCUT2D eigenvalue weighted by Crippen LogP contribution is -2.56. The van der Waals surface area contributed by atoms with Crippen LogP contribution in [0.5, 0.6) is 0 Å². The normalized spacial score (nSPS) is 14.3. The van der Waals surface area contributed by atoms with Crippen molar-refractivity contribution >= 4 is 39.7 Å². The first-order valence-corrected chi connectivity index (χ1v) is 15.0. The van der Waals surface area contributed by atoms with Gasteiger partial charge in [-0.3, -0.25) is 19.4 Å². The Hall–Kier alpha value is -3.98. The molecule has 0 saturated carbocycles. The number of aliphatic imine (C=N–C) groups is 1. The van der Waals surface area contributed by atoms with Gasteiger partial charge in [0.1, 0.15) is 12.1 Å². The van der Waals surface area contributed by atoms with E-state index in [9.17, 15) is 32.7 Å². The molecule has 2 amide bonds. The highest BCUT2D eigenvalue weighted by atomic mass is 32.2. The van der Waals surface area contributed by atoms with Gasteiger partial charge in [-0.05, 0) is 44.7 Å². The maximum Gasteiger partial charge on any atom is 0.330 e. The van der Waals surface area contributed by atoms with Crippen molar-refractivity contribution in [1.29, 1.82) is 0 Å². The van der Waals surface area contributed by atoms with Crippen LogP contribution in [0.2, 0.25) is 0 Å². The number of nitrogens with two attached hydrogens (primary N) is 2. The molecule has 0 radical (unpaired) electrons. The Morgan fingerprint density at radius 2 is 1.71 bits per heavy atom. The molecule has 0 fully saturated rings. The summed E-state index contributed by atoms with van der Waals surface area (Å²) in [4.78, 5) is 53.6. The highest BCUT2D eigenvalue weighted by Gasteiger charge is 2.32. The SMILES string of the molecule is CCOC(=O)/C=C/[C@H](CC(=O)O)NC(=O)C(NC(=O)[C@H](CCCN=C(N)N)NS(=O)(=O)c1ccc(C)cc1)C(C)CC. The predicted octanol–water partition coefficient (Wildman–Crippen LogP) is 0.305. The number of benzene rings is 1. The van der Waals surface area contributed by atoms with Crippen LogP contribution in [0.1, 0.15) is 52.0 Å². The van der Waals surface area contributed by atoms with Crippen LogP contribution in [-0.2, 0) is 33.9 Å². The fourth-order valence-corrected chi connectivity index (χ4v) is 4.92. The van der Waals surface area contributed by atoms with Crippen molar-refractivity contribution in [1.82, 2.24) is 15.4 Å². The Kier molecular flexibility index (Phi) is 15.2. The maximum absolute atomic E-state index is 13.4. The van der Waals surface area contributed by atoms with Gasteiger partial charge in [-0.15, -0.1) is 0 Å². The van der Waals surface area contributed by atoms with E-state index in [1.54, 1.807) is 39.8 Å². The second-order valence-electron chi connectivity index (χ2n) is 9.63. The summed E-state index contributed by atoms with van der Waals surface area (Å²) < 4.78 is 33.4. The first-order chi connectivity index (χ1) is 19.7. The van der Waals surface area contributed by atoms with E-state index in [0.29, 0.717) is 6.42 Å². The third-order valence-electron chi connectivity index (χ3n) is 6.16. The second-order valence-corrected chi connectivity index (χ2v) is 11.3. The average molecular weight is 611 g/mol. The minimum atomic E-state index is -4.12. The molecule has 0 aromatic heterocycles. The summed E-state index contributed by atoms with van der Waals surface area (Å²) in [6.07, 6.45) is 2.37. The number of guanidine groups is 1. The second kappa shape index (κ2) is 17.7. The third kappa shape index (κ3) is 13.1. The zero-order chi connectivity index (χ0) is 31.9. The van der Waals surface area contributed by atoms with Gasteiger partial charge in [0.15, 0.2) is 5.96 Å². The molecular formula is C27H42N6O8S. The van der Waals surface area contributed by atoms with Gasteiger partial charge < -0.3 is 31.9 Å². The Morgan fingerprint density at radius 3 is 2.26 bits per heavy atom. The largest absolute Gasteiger partial charge is 0.481 e. The van der Waals surface area contributed by atoms with Crippen LogP contribution < -0.4 is 26.8 Å². The number of carbonyl (C=O) groups is 4. The lowest BCUT2D eigenvalue weighted by molar-refractivity contribution is -0.139. The zero-order valence-corrected chi connectivity index (χ0v) is 25.1. The number of carbonyl (C=O) groups excluding carboxylic acids is 3. The van der Waals surface area contributed by atoms with Crippen LogP contribution in [0.25, 0.3) is 0 Å². The number of carboxylic acids is 1. The van der Waals surface area contributed by atoms with Gasteiger partial charge in [0, 0.05) is 12.6 Å². The summed E-state index contributed by atoms with van der Waals surface area (Å²) in [5.41, 5.74) is 11.6. The Morgan fingerprint density at radius 1 is 1.07 bits per heavy atom. The van der Waals surface area contributed by atoms with Gasteiger partial charge in [0.25, 0.3) is 0 Å². The quantitative estimate of drug-likeness (QED) is 0.0437. The smallest absolute Gasteiger partial charge is 0.330 e. The molecule has 1 aromatic carbocycles. The van der Waals surface area contributed by atoms with Gasteiger partial charge in [-0.25, -0.2) is 13.2 Å². The number of amides is 2. The van der Waals surface area contributed by atoms with Crippen LogP contribution in [0.3, 0.4) is 0 Å². The van der Waals surface area contributed by atoms with E-state index in [2.05, 4.69) is 20.3 Å². The molecule has 0 spiro atoms. The van der Waals surface area contributed by atoms with E-state index in [-0.39, 0.29) is 36.8 Å². The van der Waals surface area contributed by atoms with Gasteiger partial charge in [0.05, 0.1) is 24.0 Å². The number of aryl methyl sites for hydroxylation is 1. The van der Waals surface area contributed by atoms with Crippen molar-refractivity contribution in [2.45, 2.75) is 76.4 Å². The number of aliphatic carboxylic acids is 1. The first kappa shape index (κ1) is 36.0. The van der Waals surface area contributed by atoms with Crippen LogP contribution in [-0.4, -0.2) is 74.5 Å². The highest BCUT2D eigenvalue weighted by molar-refractivity contribution is 7.89. The molecule has 1 rings (SSSR count). The van der Waals surface area contributed by atoms with E-state index < -0.39 is 64.2 Å². The lowest BCUT2D eigenvalue weighted by Gasteiger charge is -2.27. The number of hydrogen-bond acceptors (Lipinski definition) is 8. The van der Waals surface area contributed by atoms with Crippen molar-refractivity contribution < 1.29 is 37.4 Å². The van der Waals surface area contributed by atoms with Crippen LogP contribution >= 0.6 is 0 Å². The van der Waals surface area contributed by atoms with Crippen molar-refractivity contribution in [3.63, 3.8) is 0 Å². The first-order valence-electron chi connectivity index (χ1n) is 13.5. The average Bonchev–Trinajstić information content (AvgIpc) is 2.91. The molecule has 0 bridgehead atoms. The molecule has 4 atom stereocenters. The zero-order valence-electron chi connectivity index (χ0n) is 24.3. The van der Waals surface area contributed by atoms with Crippen molar-refractivity contribution in [3.05, 3.63) is 42.0 Å². The molecule has 42 heavy (non-hydrogen) atoms. The monoisotopic (exact) mass is 610 g/mol. The Balaban J connectivity index is 3.23. The summed E-state index contributed by atoms with van der Waals surface area (Å²) in [6.45, 7) is 7.16. The fourth-order valence-electron chi connectivity index (χ4n) is 3.69. The minimum absolute atomic E-state index is 0.00642. The molecule has 0 aliphatic heterocycles. The van der Waals surface area contributed by atoms with Crippen molar-refractivity contribution in [2.24, 2.45) is 22.4 Å². The summed E-state index contributed by atoms with van der Waals surface area (Å²) in [7, 11) is -4.12. The molecule has 8 N–H and O–H groups in total.